The molecule has 0 bridgehead atoms. The topological polar surface area (TPSA) is 234 Å². The molecule has 0 spiro atoms. The number of carbonyl (C=O) groups excluding carboxylic acids is 1. The van der Waals surface area contributed by atoms with E-state index in [2.05, 4.69) is 52.9 Å². The summed E-state index contributed by atoms with van der Waals surface area (Å²) in [5.74, 6) is -0.118. The van der Waals surface area contributed by atoms with Crippen molar-refractivity contribution in [3.05, 3.63) is 24.7 Å². The number of carbonyl (C=O) groups is 1. The molecule has 0 amide bonds. The molecule has 2 saturated heterocycles. The molecule has 0 aromatic carbocycles. The number of alkyl halides is 1. The van der Waals surface area contributed by atoms with Gasteiger partial charge >= 0.3 is 15.1 Å². The second-order valence-corrected chi connectivity index (χ2v) is 14.9. The highest BCUT2D eigenvalue weighted by atomic mass is 32.7. The SMILES string of the molecule is Nc1ncnc2c1ncn2[C@@H]1O[C@@H]2CO[P@@](=O)(S)OC[C@@H]3[C@@H](CO[PH](=O)O[C@H]2[C@H]1F)C[C@H]3n1cnc2c1NC1=NN=NC1C2=O. The van der Waals surface area contributed by atoms with Crippen molar-refractivity contribution >= 4 is 61.7 Å². The summed E-state index contributed by atoms with van der Waals surface area (Å²) in [7, 11) is -3.25. The number of imidazole rings is 2. The standard InChI is InChI=1S/C22H24FN11O8P2S/c23-12-17-11(41-22(12)34-7-28-15-18(24)25-5-26-20(15)34)4-40-44(37,45)39-3-9-8(2-38-43(36)42-17)1-10(9)33-6-27-14-16(35)13-19(29-21(14)33)31-32-30-13/h5-13,17,22,43H,1-4H2,(H,37,45)(H2,24,25,26)(H,29,30,31)/t8-,9-,10-,11-,12-,13?,17-,22-,44+/m1/s1. The molecule has 238 valence electrons. The normalized spacial score (nSPS) is 38.0. The van der Waals surface area contributed by atoms with Crippen LogP contribution in [-0.2, 0) is 32.0 Å². The third-order valence-electron chi connectivity index (χ3n) is 8.51. The van der Waals surface area contributed by atoms with E-state index in [1.54, 1.807) is 4.57 Å². The minimum absolute atomic E-state index is 0.0309. The van der Waals surface area contributed by atoms with Crippen LogP contribution >= 0.6 is 27.3 Å². The van der Waals surface area contributed by atoms with Gasteiger partial charge in [-0.2, -0.15) is 0 Å². The zero-order chi connectivity index (χ0) is 31.0. The van der Waals surface area contributed by atoms with Crippen molar-refractivity contribution in [1.29, 1.82) is 0 Å². The number of aromatic nitrogens is 6. The lowest BCUT2D eigenvalue weighted by Crippen LogP contribution is -2.44. The van der Waals surface area contributed by atoms with Crippen molar-refractivity contribution in [1.82, 2.24) is 29.1 Å². The quantitative estimate of drug-likeness (QED) is 0.260. The monoisotopic (exact) mass is 683 g/mol. The van der Waals surface area contributed by atoms with E-state index in [0.29, 0.717) is 18.1 Å². The number of rotatable bonds is 2. The van der Waals surface area contributed by atoms with Crippen LogP contribution in [0, 0.1) is 11.8 Å². The molecule has 0 radical (unpaired) electrons. The molecule has 4 aliphatic heterocycles. The number of amidine groups is 1. The van der Waals surface area contributed by atoms with E-state index in [1.807, 2.05) is 0 Å². The lowest BCUT2D eigenvalue weighted by atomic mass is 9.70. The van der Waals surface area contributed by atoms with Crippen LogP contribution in [0.3, 0.4) is 0 Å². The summed E-state index contributed by atoms with van der Waals surface area (Å²) in [6.45, 7) is -4.61. The number of hydrogen-bond acceptors (Lipinski definition) is 17. The van der Waals surface area contributed by atoms with Crippen molar-refractivity contribution in [2.75, 3.05) is 30.9 Å². The van der Waals surface area contributed by atoms with Crippen molar-refractivity contribution < 1.29 is 41.1 Å². The summed E-state index contributed by atoms with van der Waals surface area (Å²) in [6.07, 6.45) is -1.33. The van der Waals surface area contributed by atoms with Crippen LogP contribution in [0.1, 0.15) is 29.2 Å². The van der Waals surface area contributed by atoms with Gasteiger partial charge in [0, 0.05) is 12.0 Å². The van der Waals surface area contributed by atoms with E-state index >= 15 is 4.39 Å². The number of thiol groups is 1. The maximum absolute atomic E-state index is 15.9. The van der Waals surface area contributed by atoms with Gasteiger partial charge in [0.15, 0.2) is 41.4 Å². The molecule has 5 aliphatic rings. The van der Waals surface area contributed by atoms with E-state index in [-0.39, 0.29) is 59.6 Å². The Bertz CT molecular complexity index is 1840. The summed E-state index contributed by atoms with van der Waals surface area (Å²) in [6, 6.07) is -1.14. The first-order valence-corrected chi connectivity index (χ1v) is 17.6. The molecule has 3 N–H and O–H groups in total. The smallest absolute Gasteiger partial charge is 0.382 e. The van der Waals surface area contributed by atoms with Crippen molar-refractivity contribution in [3.63, 3.8) is 0 Å². The molecule has 19 nitrogen and oxygen atoms in total. The van der Waals surface area contributed by atoms with Crippen LogP contribution in [0.2, 0.25) is 0 Å². The third kappa shape index (κ3) is 4.93. The van der Waals surface area contributed by atoms with Gasteiger partial charge < -0.3 is 33.9 Å². The largest absolute Gasteiger partial charge is 0.386 e. The fourth-order valence-electron chi connectivity index (χ4n) is 6.16. The third-order valence-corrected chi connectivity index (χ3v) is 11.0. The molecule has 1 aliphatic carbocycles. The number of anilines is 2. The number of nitrogens with one attached hydrogen (secondary N) is 1. The molecule has 1 saturated carbocycles. The van der Waals surface area contributed by atoms with Gasteiger partial charge in [-0.05, 0) is 17.6 Å². The molecule has 10 atom stereocenters. The number of nitrogen functional groups attached to an aromatic ring is 1. The van der Waals surface area contributed by atoms with Crippen LogP contribution in [0.4, 0.5) is 16.0 Å². The maximum Gasteiger partial charge on any atom is 0.386 e. The van der Waals surface area contributed by atoms with E-state index in [1.165, 1.54) is 23.5 Å². The van der Waals surface area contributed by atoms with E-state index in [9.17, 15) is 13.9 Å². The Balaban J connectivity index is 1.01. The number of nitrogens with zero attached hydrogens (tertiary/aromatic N) is 9. The second-order valence-electron chi connectivity index (χ2n) is 11.0. The average molecular weight is 684 g/mol. The van der Waals surface area contributed by atoms with Gasteiger partial charge in [-0.1, -0.05) is 12.2 Å². The highest BCUT2D eigenvalue weighted by molar-refractivity contribution is 8.44. The van der Waals surface area contributed by atoms with Gasteiger partial charge in [0.25, 0.3) is 0 Å². The van der Waals surface area contributed by atoms with Crippen LogP contribution in [0.5, 0.6) is 0 Å². The zero-order valence-electron chi connectivity index (χ0n) is 22.8. The van der Waals surface area contributed by atoms with Crippen LogP contribution in [-0.4, -0.2) is 84.9 Å². The fraction of sp³-hybridized carbons (Fsp3) is 0.545. The number of ether oxygens (including phenoxy) is 1. The number of Topliss-reactive ketones (excluding diaryl/α,β-unsaturated/α-hetero) is 1. The predicted octanol–water partition coefficient (Wildman–Crippen LogP) is 2.35. The molecule has 7 heterocycles. The van der Waals surface area contributed by atoms with Gasteiger partial charge in [-0.3, -0.25) is 18.5 Å². The number of ketones is 1. The number of halogens is 1. The minimum Gasteiger partial charge on any atom is -0.382 e. The Morgan fingerprint density at radius 1 is 1.13 bits per heavy atom. The summed E-state index contributed by atoms with van der Waals surface area (Å²) in [4.78, 5) is 29.2. The molecule has 45 heavy (non-hydrogen) atoms. The van der Waals surface area contributed by atoms with Gasteiger partial charge in [-0.25, -0.2) is 28.9 Å². The first-order valence-electron chi connectivity index (χ1n) is 13.7. The van der Waals surface area contributed by atoms with Crippen LogP contribution in [0.25, 0.3) is 11.2 Å². The fourth-order valence-corrected chi connectivity index (χ4v) is 8.26. The Labute approximate surface area is 257 Å². The number of fused-ring (bicyclic) bond motifs is 5. The Morgan fingerprint density at radius 3 is 2.82 bits per heavy atom. The van der Waals surface area contributed by atoms with Crippen molar-refractivity contribution in [2.45, 2.75) is 43.1 Å². The molecule has 3 aromatic rings. The highest BCUT2D eigenvalue weighted by Crippen LogP contribution is 2.57. The second kappa shape index (κ2) is 11.0. The van der Waals surface area contributed by atoms with Gasteiger partial charge in [0.2, 0.25) is 5.78 Å². The minimum atomic E-state index is -4.01. The van der Waals surface area contributed by atoms with E-state index in [0.717, 1.165) is 0 Å². The summed E-state index contributed by atoms with van der Waals surface area (Å²) >= 11 is 4.13. The zero-order valence-corrected chi connectivity index (χ0v) is 25.6. The predicted molar refractivity (Wildman–Crippen MR) is 154 cm³/mol. The lowest BCUT2D eigenvalue weighted by Gasteiger charge is -2.45. The molecular weight excluding hydrogens is 659 g/mol. The van der Waals surface area contributed by atoms with E-state index in [4.69, 9.17) is 28.6 Å². The van der Waals surface area contributed by atoms with Crippen LogP contribution < -0.4 is 11.1 Å². The number of hydrogen-bond donors (Lipinski definition) is 3. The first-order chi connectivity index (χ1) is 21.7. The van der Waals surface area contributed by atoms with E-state index < -0.39 is 52.3 Å². The maximum atomic E-state index is 15.9. The van der Waals surface area contributed by atoms with Crippen molar-refractivity contribution in [2.24, 2.45) is 27.3 Å². The van der Waals surface area contributed by atoms with Gasteiger partial charge in [0.05, 0.1) is 32.5 Å². The van der Waals surface area contributed by atoms with Gasteiger partial charge in [0.1, 0.15) is 29.9 Å². The Morgan fingerprint density at radius 2 is 1.96 bits per heavy atom. The summed E-state index contributed by atoms with van der Waals surface area (Å²) < 4.78 is 73.5. The molecular formula is C22H24FN11O8P2S. The molecule has 8 rings (SSSR count). The first kappa shape index (κ1) is 29.3. The molecule has 3 fully saturated rings. The molecule has 23 heteroatoms. The number of nitrogens with two attached hydrogens (primary N) is 1. The highest BCUT2D eigenvalue weighted by Gasteiger charge is 2.51. The molecule has 3 aromatic heterocycles. The van der Waals surface area contributed by atoms with Crippen LogP contribution in [0.15, 0.2) is 34.4 Å². The van der Waals surface area contributed by atoms with Gasteiger partial charge in [-0.15, -0.1) is 10.2 Å². The lowest BCUT2D eigenvalue weighted by molar-refractivity contribution is -0.0407. The Hall–Kier alpha value is -3.16. The molecule has 2 unspecified atom stereocenters. The Kier molecular flexibility index (Phi) is 7.14. The summed E-state index contributed by atoms with van der Waals surface area (Å²) in [5, 5.41) is 14.4. The summed E-state index contributed by atoms with van der Waals surface area (Å²) in [5.41, 5.74) is 6.50. The van der Waals surface area contributed by atoms with Crippen molar-refractivity contribution in [3.8, 4) is 0 Å². The average Bonchev–Trinajstić information content (AvgIpc) is 3.79.